The summed E-state index contributed by atoms with van der Waals surface area (Å²) in [4.78, 5) is 24.8. The SMILES string of the molecule is CN(C(=O)c1cnn(C)c1C1CC1)c1ccc(OCC(=O)O)cc1. The van der Waals surface area contributed by atoms with E-state index < -0.39 is 12.6 Å². The van der Waals surface area contributed by atoms with E-state index in [1.165, 1.54) is 0 Å². The fraction of sp³-hybridized carbons (Fsp3) is 0.353. The van der Waals surface area contributed by atoms with Crippen LogP contribution in [0.2, 0.25) is 0 Å². The molecule has 24 heavy (non-hydrogen) atoms. The van der Waals surface area contributed by atoms with Crippen LogP contribution in [0.3, 0.4) is 0 Å². The van der Waals surface area contributed by atoms with E-state index in [4.69, 9.17) is 9.84 Å². The average Bonchev–Trinajstić information content (AvgIpc) is 3.34. The topological polar surface area (TPSA) is 84.7 Å². The Bertz CT molecular complexity index is 763. The Hall–Kier alpha value is -2.83. The summed E-state index contributed by atoms with van der Waals surface area (Å²) in [7, 11) is 3.57. The lowest BCUT2D eigenvalue weighted by Gasteiger charge is -2.18. The maximum absolute atomic E-state index is 12.8. The van der Waals surface area contributed by atoms with Crippen molar-refractivity contribution in [3.63, 3.8) is 0 Å². The minimum absolute atomic E-state index is 0.107. The van der Waals surface area contributed by atoms with Crippen LogP contribution in [0.5, 0.6) is 5.75 Å². The number of nitrogens with zero attached hydrogens (tertiary/aromatic N) is 3. The van der Waals surface area contributed by atoms with Gasteiger partial charge in [-0.25, -0.2) is 4.79 Å². The van der Waals surface area contributed by atoms with Crippen molar-refractivity contribution in [2.24, 2.45) is 7.05 Å². The lowest BCUT2D eigenvalue weighted by molar-refractivity contribution is -0.139. The summed E-state index contributed by atoms with van der Waals surface area (Å²) < 4.78 is 6.87. The molecule has 1 aromatic carbocycles. The molecule has 0 spiro atoms. The van der Waals surface area contributed by atoms with Gasteiger partial charge in [0.2, 0.25) is 0 Å². The molecule has 1 aromatic heterocycles. The number of aryl methyl sites for hydroxylation is 1. The maximum Gasteiger partial charge on any atom is 0.341 e. The molecule has 0 aliphatic heterocycles. The number of amides is 1. The fourth-order valence-electron chi connectivity index (χ4n) is 2.66. The zero-order chi connectivity index (χ0) is 17.3. The standard InChI is InChI=1S/C17H19N3O4/c1-19(12-5-7-13(8-6-12)24-10-15(21)22)17(23)14-9-18-20(2)16(14)11-3-4-11/h5-9,11H,3-4,10H2,1-2H3,(H,21,22). The number of hydrogen-bond donors (Lipinski definition) is 1. The molecule has 1 amide bonds. The Balaban J connectivity index is 1.75. The van der Waals surface area contributed by atoms with Gasteiger partial charge in [0, 0.05) is 25.7 Å². The van der Waals surface area contributed by atoms with Crippen molar-refractivity contribution >= 4 is 17.6 Å². The van der Waals surface area contributed by atoms with Gasteiger partial charge in [-0.05, 0) is 37.1 Å². The first-order chi connectivity index (χ1) is 11.5. The highest BCUT2D eigenvalue weighted by Gasteiger charge is 2.32. The molecule has 0 radical (unpaired) electrons. The summed E-state index contributed by atoms with van der Waals surface area (Å²) in [6.45, 7) is -0.394. The number of benzene rings is 1. The molecule has 1 fully saturated rings. The van der Waals surface area contributed by atoms with Crippen LogP contribution in [-0.4, -0.2) is 40.4 Å². The Kier molecular flexibility index (Phi) is 4.24. The normalized spacial score (nSPS) is 13.6. The summed E-state index contributed by atoms with van der Waals surface area (Å²) >= 11 is 0. The minimum Gasteiger partial charge on any atom is -0.482 e. The molecular formula is C17H19N3O4. The van der Waals surface area contributed by atoms with E-state index in [0.29, 0.717) is 22.9 Å². The predicted octanol–water partition coefficient (Wildman–Crippen LogP) is 2.04. The van der Waals surface area contributed by atoms with Crippen LogP contribution in [0.1, 0.15) is 34.8 Å². The van der Waals surface area contributed by atoms with E-state index in [-0.39, 0.29) is 5.91 Å². The van der Waals surface area contributed by atoms with Crippen LogP contribution in [0.25, 0.3) is 0 Å². The maximum atomic E-state index is 12.8. The van der Waals surface area contributed by atoms with E-state index in [1.54, 1.807) is 47.1 Å². The molecule has 0 saturated heterocycles. The molecule has 3 rings (SSSR count). The van der Waals surface area contributed by atoms with Crippen molar-refractivity contribution < 1.29 is 19.4 Å². The van der Waals surface area contributed by atoms with Crippen molar-refractivity contribution in [1.29, 1.82) is 0 Å². The summed E-state index contributed by atoms with van der Waals surface area (Å²) in [5.41, 5.74) is 2.33. The second-order valence-corrected chi connectivity index (χ2v) is 5.88. The first-order valence-corrected chi connectivity index (χ1v) is 7.72. The fourth-order valence-corrected chi connectivity index (χ4v) is 2.66. The third-order valence-electron chi connectivity index (χ3n) is 4.07. The molecule has 1 saturated carbocycles. The number of carboxylic acids is 1. The van der Waals surface area contributed by atoms with Crippen molar-refractivity contribution in [2.45, 2.75) is 18.8 Å². The Morgan fingerprint density at radius 3 is 2.58 bits per heavy atom. The second kappa shape index (κ2) is 6.35. The van der Waals surface area contributed by atoms with Gasteiger partial charge in [-0.3, -0.25) is 9.48 Å². The number of aliphatic carboxylic acids is 1. The van der Waals surface area contributed by atoms with Crippen LogP contribution in [0.4, 0.5) is 5.69 Å². The minimum atomic E-state index is -1.03. The van der Waals surface area contributed by atoms with E-state index in [9.17, 15) is 9.59 Å². The van der Waals surface area contributed by atoms with E-state index in [0.717, 1.165) is 18.5 Å². The molecular weight excluding hydrogens is 310 g/mol. The number of aromatic nitrogens is 2. The van der Waals surface area contributed by atoms with Gasteiger partial charge in [0.05, 0.1) is 17.5 Å². The van der Waals surface area contributed by atoms with Gasteiger partial charge in [-0.1, -0.05) is 0 Å². The summed E-state index contributed by atoms with van der Waals surface area (Å²) in [6.07, 6.45) is 3.81. The van der Waals surface area contributed by atoms with Crippen LogP contribution in [0.15, 0.2) is 30.5 Å². The number of rotatable bonds is 6. The van der Waals surface area contributed by atoms with Crippen molar-refractivity contribution in [3.05, 3.63) is 41.7 Å². The van der Waals surface area contributed by atoms with E-state index >= 15 is 0 Å². The highest BCUT2D eigenvalue weighted by atomic mass is 16.5. The van der Waals surface area contributed by atoms with Crippen LogP contribution in [-0.2, 0) is 11.8 Å². The van der Waals surface area contributed by atoms with Crippen LogP contribution >= 0.6 is 0 Å². The third-order valence-corrected chi connectivity index (χ3v) is 4.07. The number of hydrogen-bond acceptors (Lipinski definition) is 4. The number of anilines is 1. The Morgan fingerprint density at radius 1 is 1.33 bits per heavy atom. The summed E-state index contributed by atoms with van der Waals surface area (Å²) in [5, 5.41) is 12.8. The van der Waals surface area contributed by atoms with Crippen LogP contribution in [0, 0.1) is 0 Å². The van der Waals surface area contributed by atoms with Gasteiger partial charge < -0.3 is 14.7 Å². The predicted molar refractivity (Wildman–Crippen MR) is 87.5 cm³/mol. The molecule has 1 N–H and O–H groups in total. The van der Waals surface area contributed by atoms with E-state index in [2.05, 4.69) is 5.10 Å². The zero-order valence-corrected chi connectivity index (χ0v) is 13.6. The molecule has 0 bridgehead atoms. The number of ether oxygens (including phenoxy) is 1. The second-order valence-electron chi connectivity index (χ2n) is 5.88. The number of carbonyl (C=O) groups is 2. The summed E-state index contributed by atoms with van der Waals surface area (Å²) in [6, 6.07) is 6.74. The van der Waals surface area contributed by atoms with Crippen LogP contribution < -0.4 is 9.64 Å². The van der Waals surface area contributed by atoms with Crippen molar-refractivity contribution in [1.82, 2.24) is 9.78 Å². The average molecular weight is 329 g/mol. The van der Waals surface area contributed by atoms with Gasteiger partial charge in [0.1, 0.15) is 5.75 Å². The van der Waals surface area contributed by atoms with Gasteiger partial charge >= 0.3 is 5.97 Å². The lowest BCUT2D eigenvalue weighted by Crippen LogP contribution is -2.27. The van der Waals surface area contributed by atoms with Gasteiger partial charge in [0.15, 0.2) is 6.61 Å². The van der Waals surface area contributed by atoms with Crippen molar-refractivity contribution in [2.75, 3.05) is 18.6 Å². The summed E-state index contributed by atoms with van der Waals surface area (Å²) in [5.74, 6) is -0.265. The molecule has 1 aliphatic rings. The highest BCUT2D eigenvalue weighted by molar-refractivity contribution is 6.06. The molecule has 2 aromatic rings. The quantitative estimate of drug-likeness (QED) is 0.876. The molecule has 0 unspecified atom stereocenters. The number of carboxylic acid groups (broad SMARTS) is 1. The first-order valence-electron chi connectivity index (χ1n) is 7.72. The smallest absolute Gasteiger partial charge is 0.341 e. The third kappa shape index (κ3) is 3.24. The molecule has 7 heteroatoms. The number of carbonyl (C=O) groups excluding carboxylic acids is 1. The highest BCUT2D eigenvalue weighted by Crippen LogP contribution is 2.41. The Labute approximate surface area is 139 Å². The molecule has 1 heterocycles. The molecule has 7 nitrogen and oxygen atoms in total. The monoisotopic (exact) mass is 329 g/mol. The van der Waals surface area contributed by atoms with Gasteiger partial charge in [-0.15, -0.1) is 0 Å². The largest absolute Gasteiger partial charge is 0.482 e. The lowest BCUT2D eigenvalue weighted by atomic mass is 10.1. The molecule has 126 valence electrons. The van der Waals surface area contributed by atoms with Gasteiger partial charge in [0.25, 0.3) is 5.91 Å². The Morgan fingerprint density at radius 2 is 2.00 bits per heavy atom. The van der Waals surface area contributed by atoms with Crippen molar-refractivity contribution in [3.8, 4) is 5.75 Å². The first kappa shape index (κ1) is 16.0. The van der Waals surface area contributed by atoms with E-state index in [1.807, 2.05) is 7.05 Å². The zero-order valence-electron chi connectivity index (χ0n) is 13.6. The van der Waals surface area contributed by atoms with Gasteiger partial charge in [-0.2, -0.15) is 5.10 Å². The molecule has 1 aliphatic carbocycles. The molecule has 0 atom stereocenters.